The second-order valence-corrected chi connectivity index (χ2v) is 6.38. The maximum Gasteiger partial charge on any atom is 0.223 e. The fraction of sp³-hybridized carbons (Fsp3) is 0.562. The van der Waals surface area contributed by atoms with Gasteiger partial charge in [0.15, 0.2) is 5.82 Å². The van der Waals surface area contributed by atoms with Crippen molar-refractivity contribution in [1.29, 1.82) is 0 Å². The maximum atomic E-state index is 11.8. The van der Waals surface area contributed by atoms with Crippen molar-refractivity contribution < 1.29 is 9.32 Å². The van der Waals surface area contributed by atoms with Gasteiger partial charge in [-0.15, -0.1) is 0 Å². The highest BCUT2D eigenvalue weighted by atomic mass is 16.5. The van der Waals surface area contributed by atoms with Crippen molar-refractivity contribution in [2.45, 2.75) is 46.6 Å². The molecule has 0 unspecified atom stereocenters. The minimum Gasteiger partial charge on any atom is -0.353 e. The van der Waals surface area contributed by atoms with Crippen LogP contribution >= 0.6 is 0 Å². The molecule has 0 aromatic carbocycles. The molecule has 1 N–H and O–H groups in total. The summed E-state index contributed by atoms with van der Waals surface area (Å²) >= 11 is 0. The van der Waals surface area contributed by atoms with Crippen LogP contribution in [0, 0.1) is 27.7 Å². The topological polar surface area (TPSA) is 97.0 Å². The molecular formula is C16H22N6O2. The van der Waals surface area contributed by atoms with Crippen LogP contribution in [-0.2, 0) is 10.3 Å². The predicted octanol–water partition coefficient (Wildman–Crippen LogP) is 1.33. The second-order valence-electron chi connectivity index (χ2n) is 6.38. The summed E-state index contributed by atoms with van der Waals surface area (Å²) in [5.74, 6) is 2.51. The minimum atomic E-state index is -0.664. The standard InChI is InChI=1S/C16H22N6O2/c1-9-10(2)17-11(3)18-14(9)22-7-6-16(8-22,20-12(4)23)15-19-13(5)24-21-15/h6-8H2,1-5H3,(H,20,23)/t16-/m1/s1. The largest absolute Gasteiger partial charge is 0.353 e. The summed E-state index contributed by atoms with van der Waals surface area (Å²) in [5, 5.41) is 7.07. The molecule has 2 aromatic rings. The number of rotatable bonds is 3. The Hall–Kier alpha value is -2.51. The molecule has 128 valence electrons. The van der Waals surface area contributed by atoms with E-state index in [4.69, 9.17) is 4.52 Å². The van der Waals surface area contributed by atoms with Gasteiger partial charge in [0.05, 0.1) is 6.54 Å². The molecule has 3 rings (SSSR count). The fourth-order valence-corrected chi connectivity index (χ4v) is 3.22. The fourth-order valence-electron chi connectivity index (χ4n) is 3.22. The monoisotopic (exact) mass is 330 g/mol. The van der Waals surface area contributed by atoms with Gasteiger partial charge in [-0.25, -0.2) is 9.97 Å². The molecule has 1 aliphatic heterocycles. The molecule has 0 aliphatic carbocycles. The third-order valence-electron chi connectivity index (χ3n) is 4.42. The first kappa shape index (κ1) is 16.4. The Morgan fingerprint density at radius 1 is 1.21 bits per heavy atom. The number of aromatic nitrogens is 4. The lowest BCUT2D eigenvalue weighted by Gasteiger charge is -2.27. The van der Waals surface area contributed by atoms with E-state index >= 15 is 0 Å². The summed E-state index contributed by atoms with van der Waals surface area (Å²) in [6.45, 7) is 10.4. The summed E-state index contributed by atoms with van der Waals surface area (Å²) in [4.78, 5) is 27.3. The normalized spacial score (nSPS) is 20.5. The molecule has 1 amide bonds. The first-order chi connectivity index (χ1) is 11.3. The van der Waals surface area contributed by atoms with Crippen LogP contribution in [0.2, 0.25) is 0 Å². The van der Waals surface area contributed by atoms with Gasteiger partial charge < -0.3 is 14.7 Å². The van der Waals surface area contributed by atoms with E-state index in [1.807, 2.05) is 20.8 Å². The van der Waals surface area contributed by atoms with Crippen LogP contribution in [0.5, 0.6) is 0 Å². The number of hydrogen-bond acceptors (Lipinski definition) is 7. The van der Waals surface area contributed by atoms with Gasteiger partial charge in [0.1, 0.15) is 17.2 Å². The van der Waals surface area contributed by atoms with Crippen molar-refractivity contribution in [1.82, 2.24) is 25.4 Å². The molecule has 1 atom stereocenters. The summed E-state index contributed by atoms with van der Waals surface area (Å²) in [7, 11) is 0. The molecule has 8 nitrogen and oxygen atoms in total. The molecule has 2 aromatic heterocycles. The van der Waals surface area contributed by atoms with Crippen LogP contribution in [-0.4, -0.2) is 39.1 Å². The van der Waals surface area contributed by atoms with Gasteiger partial charge in [-0.2, -0.15) is 4.98 Å². The third kappa shape index (κ3) is 2.83. The Morgan fingerprint density at radius 3 is 2.58 bits per heavy atom. The van der Waals surface area contributed by atoms with Gasteiger partial charge in [-0.1, -0.05) is 5.16 Å². The van der Waals surface area contributed by atoms with E-state index in [0.717, 1.165) is 29.4 Å². The van der Waals surface area contributed by atoms with E-state index in [1.54, 1.807) is 6.92 Å². The smallest absolute Gasteiger partial charge is 0.223 e. The number of hydrogen-bond donors (Lipinski definition) is 1. The Morgan fingerprint density at radius 2 is 1.96 bits per heavy atom. The van der Waals surface area contributed by atoms with Gasteiger partial charge in [-0.05, 0) is 27.2 Å². The van der Waals surface area contributed by atoms with Gasteiger partial charge in [0.25, 0.3) is 0 Å². The number of carbonyl (C=O) groups is 1. The number of amides is 1. The molecule has 24 heavy (non-hydrogen) atoms. The Kier molecular flexibility index (Phi) is 3.98. The highest BCUT2D eigenvalue weighted by Crippen LogP contribution is 2.34. The van der Waals surface area contributed by atoms with Crippen molar-refractivity contribution in [2.75, 3.05) is 18.0 Å². The van der Waals surface area contributed by atoms with Gasteiger partial charge >= 0.3 is 0 Å². The molecular weight excluding hydrogens is 308 g/mol. The third-order valence-corrected chi connectivity index (χ3v) is 4.42. The Labute approximate surface area is 140 Å². The quantitative estimate of drug-likeness (QED) is 0.907. The number of aryl methyl sites for hydroxylation is 3. The van der Waals surface area contributed by atoms with Crippen LogP contribution in [0.1, 0.15) is 42.1 Å². The maximum absolute atomic E-state index is 11.8. The summed E-state index contributed by atoms with van der Waals surface area (Å²) in [6.07, 6.45) is 0.688. The van der Waals surface area contributed by atoms with Crippen molar-refractivity contribution in [3.05, 3.63) is 28.8 Å². The first-order valence-electron chi connectivity index (χ1n) is 7.97. The lowest BCUT2D eigenvalue weighted by atomic mass is 9.97. The molecule has 3 heterocycles. The van der Waals surface area contributed by atoms with Crippen LogP contribution < -0.4 is 10.2 Å². The van der Waals surface area contributed by atoms with Crippen molar-refractivity contribution in [2.24, 2.45) is 0 Å². The number of nitrogens with one attached hydrogen (secondary N) is 1. The summed E-state index contributed by atoms with van der Waals surface area (Å²) < 4.78 is 5.13. The van der Waals surface area contributed by atoms with Crippen molar-refractivity contribution in [3.63, 3.8) is 0 Å². The Balaban J connectivity index is 1.97. The molecule has 1 fully saturated rings. The number of anilines is 1. The van der Waals surface area contributed by atoms with E-state index < -0.39 is 5.54 Å². The summed E-state index contributed by atoms with van der Waals surface area (Å²) in [6, 6.07) is 0. The zero-order valence-electron chi connectivity index (χ0n) is 14.7. The van der Waals surface area contributed by atoms with Crippen LogP contribution in [0.3, 0.4) is 0 Å². The van der Waals surface area contributed by atoms with Crippen molar-refractivity contribution in [3.8, 4) is 0 Å². The molecule has 8 heteroatoms. The van der Waals surface area contributed by atoms with E-state index in [2.05, 4.69) is 30.3 Å². The molecule has 0 radical (unpaired) electrons. The highest BCUT2D eigenvalue weighted by Gasteiger charge is 2.45. The van der Waals surface area contributed by atoms with Crippen LogP contribution in [0.15, 0.2) is 4.52 Å². The van der Waals surface area contributed by atoms with Crippen molar-refractivity contribution >= 4 is 11.7 Å². The first-order valence-corrected chi connectivity index (χ1v) is 7.97. The van der Waals surface area contributed by atoms with Gasteiger partial charge in [0, 0.05) is 31.6 Å². The van der Waals surface area contributed by atoms with E-state index in [9.17, 15) is 4.79 Å². The van der Waals surface area contributed by atoms with Crippen LogP contribution in [0.25, 0.3) is 0 Å². The average molecular weight is 330 g/mol. The van der Waals surface area contributed by atoms with Gasteiger partial charge in [-0.3, -0.25) is 4.79 Å². The molecule has 0 bridgehead atoms. The zero-order valence-corrected chi connectivity index (χ0v) is 14.7. The lowest BCUT2D eigenvalue weighted by Crippen LogP contribution is -2.48. The second kappa shape index (κ2) is 5.85. The molecule has 0 spiro atoms. The number of carbonyl (C=O) groups excluding carboxylic acids is 1. The van der Waals surface area contributed by atoms with E-state index in [1.165, 1.54) is 6.92 Å². The highest BCUT2D eigenvalue weighted by molar-refractivity contribution is 5.74. The average Bonchev–Trinajstić information content (AvgIpc) is 3.10. The van der Waals surface area contributed by atoms with E-state index in [-0.39, 0.29) is 5.91 Å². The van der Waals surface area contributed by atoms with Crippen LogP contribution in [0.4, 0.5) is 5.82 Å². The minimum absolute atomic E-state index is 0.119. The predicted molar refractivity (Wildman–Crippen MR) is 87.6 cm³/mol. The zero-order chi connectivity index (χ0) is 17.5. The number of nitrogens with zero attached hydrogens (tertiary/aromatic N) is 5. The Bertz CT molecular complexity index is 787. The summed E-state index contributed by atoms with van der Waals surface area (Å²) in [5.41, 5.74) is 1.34. The lowest BCUT2D eigenvalue weighted by molar-refractivity contribution is -0.120. The van der Waals surface area contributed by atoms with E-state index in [0.29, 0.717) is 24.7 Å². The molecule has 1 saturated heterocycles. The van der Waals surface area contributed by atoms with Gasteiger partial charge in [0.2, 0.25) is 11.8 Å². The molecule has 1 aliphatic rings. The SMILES string of the molecule is CC(=O)N[C@]1(c2noc(C)n2)CCN(c2nc(C)nc(C)c2C)C1. The molecule has 0 saturated carbocycles.